The Bertz CT molecular complexity index is 1180. The molecule has 0 saturated heterocycles. The number of nitro groups is 1. The lowest BCUT2D eigenvalue weighted by Crippen LogP contribution is -2.12. The summed E-state index contributed by atoms with van der Waals surface area (Å²) in [5.74, 6) is 0.366. The fraction of sp³-hybridized carbons (Fsp3) is 0.0500. The Morgan fingerprint density at radius 3 is 2.72 bits per heavy atom. The van der Waals surface area contributed by atoms with Crippen molar-refractivity contribution >= 4 is 39.9 Å². The topological polar surface area (TPSA) is 114 Å². The minimum absolute atomic E-state index is 0.0945. The highest BCUT2D eigenvalue weighted by atomic mass is 32.2. The van der Waals surface area contributed by atoms with Gasteiger partial charge in [-0.1, -0.05) is 6.07 Å². The molecular formula is C20H15N5O3S. The number of benzene rings is 2. The van der Waals surface area contributed by atoms with Crippen LogP contribution in [-0.2, 0) is 5.75 Å². The van der Waals surface area contributed by atoms with E-state index >= 15 is 0 Å². The highest BCUT2D eigenvalue weighted by Crippen LogP contribution is 2.25. The van der Waals surface area contributed by atoms with Crippen molar-refractivity contribution in [2.24, 2.45) is 0 Å². The Morgan fingerprint density at radius 1 is 1.17 bits per heavy atom. The average molecular weight is 405 g/mol. The van der Waals surface area contributed by atoms with Crippen LogP contribution in [0.5, 0.6) is 0 Å². The van der Waals surface area contributed by atoms with Gasteiger partial charge in [0.1, 0.15) is 0 Å². The van der Waals surface area contributed by atoms with Crippen LogP contribution < -0.4 is 5.32 Å². The molecule has 2 aromatic heterocycles. The van der Waals surface area contributed by atoms with Crippen LogP contribution in [0.3, 0.4) is 0 Å². The first-order valence-electron chi connectivity index (χ1n) is 8.66. The number of fused-ring (bicyclic) bond motifs is 1. The molecule has 0 radical (unpaired) electrons. The number of amides is 1. The molecule has 2 heterocycles. The molecule has 4 rings (SSSR count). The number of H-pyrrole nitrogens is 1. The van der Waals surface area contributed by atoms with Crippen molar-refractivity contribution in [3.63, 3.8) is 0 Å². The van der Waals surface area contributed by atoms with Gasteiger partial charge >= 0.3 is 0 Å². The van der Waals surface area contributed by atoms with Crippen molar-refractivity contribution < 1.29 is 9.72 Å². The van der Waals surface area contributed by atoms with Gasteiger partial charge in [-0.15, -0.1) is 11.8 Å². The normalized spacial score (nSPS) is 10.8. The molecule has 0 aliphatic rings. The van der Waals surface area contributed by atoms with E-state index in [-0.39, 0.29) is 11.4 Å². The zero-order chi connectivity index (χ0) is 20.2. The number of non-ortho nitro benzene ring substituents is 1. The molecule has 1 amide bonds. The Balaban J connectivity index is 1.45. The van der Waals surface area contributed by atoms with Gasteiger partial charge in [0.2, 0.25) is 0 Å². The molecule has 0 atom stereocenters. The van der Waals surface area contributed by atoms with Crippen molar-refractivity contribution in [3.05, 3.63) is 88.4 Å². The van der Waals surface area contributed by atoms with Gasteiger partial charge in [0.15, 0.2) is 5.69 Å². The Kier molecular flexibility index (Phi) is 5.21. The molecule has 0 aliphatic carbocycles. The zero-order valence-electron chi connectivity index (χ0n) is 15.0. The minimum atomic E-state index is -0.504. The number of anilines is 1. The smallest absolute Gasteiger partial charge is 0.276 e. The predicted molar refractivity (Wildman–Crippen MR) is 111 cm³/mol. The molecule has 8 nitrogen and oxygen atoms in total. The van der Waals surface area contributed by atoms with Crippen LogP contribution in [0.4, 0.5) is 11.4 Å². The lowest BCUT2D eigenvalue weighted by atomic mass is 10.2. The molecule has 2 N–H and O–H groups in total. The highest BCUT2D eigenvalue weighted by molar-refractivity contribution is 7.98. The molecule has 29 heavy (non-hydrogen) atoms. The largest absolute Gasteiger partial charge is 0.321 e. The van der Waals surface area contributed by atoms with E-state index in [1.807, 2.05) is 30.5 Å². The van der Waals surface area contributed by atoms with Crippen LogP contribution in [0.1, 0.15) is 16.1 Å². The van der Waals surface area contributed by atoms with E-state index in [0.717, 1.165) is 16.2 Å². The molecule has 9 heteroatoms. The summed E-state index contributed by atoms with van der Waals surface area (Å²) in [5.41, 5.74) is 2.32. The molecule has 0 fully saturated rings. The molecule has 144 valence electrons. The first-order chi connectivity index (χ1) is 14.1. The summed E-state index contributed by atoms with van der Waals surface area (Å²) in [5, 5.41) is 20.9. The second-order valence-electron chi connectivity index (χ2n) is 6.19. The number of carbonyl (C=O) groups excluding carboxylic acids is 1. The molecule has 0 spiro atoms. The summed E-state index contributed by atoms with van der Waals surface area (Å²) in [6.45, 7) is 0. The van der Waals surface area contributed by atoms with Crippen molar-refractivity contribution in [1.29, 1.82) is 0 Å². The van der Waals surface area contributed by atoms with Crippen LogP contribution in [-0.4, -0.2) is 26.0 Å². The van der Waals surface area contributed by atoms with Crippen LogP contribution in [0.15, 0.2) is 71.9 Å². The Morgan fingerprint density at radius 2 is 2.00 bits per heavy atom. The van der Waals surface area contributed by atoms with E-state index in [4.69, 9.17) is 0 Å². The van der Waals surface area contributed by atoms with Crippen molar-refractivity contribution in [1.82, 2.24) is 15.2 Å². The van der Waals surface area contributed by atoms with Crippen molar-refractivity contribution in [2.75, 3.05) is 5.32 Å². The number of hydrogen-bond acceptors (Lipinski definition) is 6. The van der Waals surface area contributed by atoms with Crippen LogP contribution in [0.25, 0.3) is 10.9 Å². The van der Waals surface area contributed by atoms with Crippen molar-refractivity contribution in [2.45, 2.75) is 10.6 Å². The molecule has 4 aromatic rings. The fourth-order valence-corrected chi connectivity index (χ4v) is 3.60. The van der Waals surface area contributed by atoms with E-state index in [1.165, 1.54) is 18.2 Å². The maximum absolute atomic E-state index is 12.6. The van der Waals surface area contributed by atoms with E-state index in [9.17, 15) is 14.9 Å². The highest BCUT2D eigenvalue weighted by Gasteiger charge is 2.17. The summed E-state index contributed by atoms with van der Waals surface area (Å²) in [4.78, 5) is 28.2. The third-order valence-electron chi connectivity index (χ3n) is 4.21. The van der Waals surface area contributed by atoms with Gasteiger partial charge in [-0.3, -0.25) is 25.0 Å². The third kappa shape index (κ3) is 4.25. The number of aromatic amines is 1. The van der Waals surface area contributed by atoms with E-state index < -0.39 is 10.8 Å². The van der Waals surface area contributed by atoms with E-state index in [1.54, 1.807) is 30.1 Å². The second kappa shape index (κ2) is 8.11. The average Bonchev–Trinajstić information content (AvgIpc) is 3.17. The first kappa shape index (κ1) is 18.6. The van der Waals surface area contributed by atoms with Crippen LogP contribution in [0, 0.1) is 10.1 Å². The third-order valence-corrected chi connectivity index (χ3v) is 5.30. The van der Waals surface area contributed by atoms with E-state index in [2.05, 4.69) is 20.5 Å². The van der Waals surface area contributed by atoms with Gasteiger partial charge in [-0.2, -0.15) is 5.10 Å². The maximum atomic E-state index is 12.6. The number of nitrogens with one attached hydrogen (secondary N) is 2. The lowest BCUT2D eigenvalue weighted by Gasteiger charge is -2.06. The van der Waals surface area contributed by atoms with Gasteiger partial charge in [-0.25, -0.2) is 0 Å². The number of aromatic nitrogens is 3. The number of thioether (sulfide) groups is 1. The van der Waals surface area contributed by atoms with Gasteiger partial charge in [-0.05, 0) is 42.0 Å². The first-order valence-corrected chi connectivity index (χ1v) is 9.64. The number of rotatable bonds is 6. The Labute approximate surface area is 169 Å². The van der Waals surface area contributed by atoms with Gasteiger partial charge in [0, 0.05) is 46.2 Å². The van der Waals surface area contributed by atoms with Crippen LogP contribution >= 0.6 is 11.8 Å². The summed E-state index contributed by atoms with van der Waals surface area (Å²) >= 11 is 1.67. The van der Waals surface area contributed by atoms with Gasteiger partial charge in [0.05, 0.1) is 10.4 Å². The molecule has 0 saturated carbocycles. The fourth-order valence-electron chi connectivity index (χ4n) is 2.76. The quantitative estimate of drug-likeness (QED) is 0.279. The number of pyridine rings is 1. The second-order valence-corrected chi connectivity index (χ2v) is 7.24. The number of hydrogen-bond donors (Lipinski definition) is 2. The van der Waals surface area contributed by atoms with Crippen molar-refractivity contribution in [3.8, 4) is 0 Å². The molecule has 2 aromatic carbocycles. The minimum Gasteiger partial charge on any atom is -0.321 e. The number of nitrogens with zero attached hydrogens (tertiary/aromatic N) is 3. The summed E-state index contributed by atoms with van der Waals surface area (Å²) in [6, 6.07) is 15.6. The monoisotopic (exact) mass is 405 g/mol. The molecule has 0 bridgehead atoms. The Hall–Kier alpha value is -3.72. The van der Waals surface area contributed by atoms with Gasteiger partial charge < -0.3 is 5.32 Å². The summed E-state index contributed by atoms with van der Waals surface area (Å²) in [7, 11) is 0. The van der Waals surface area contributed by atoms with Gasteiger partial charge in [0.25, 0.3) is 11.6 Å². The lowest BCUT2D eigenvalue weighted by molar-refractivity contribution is -0.384. The molecular weight excluding hydrogens is 390 g/mol. The number of carbonyl (C=O) groups is 1. The molecule has 0 unspecified atom stereocenters. The SMILES string of the molecule is O=C(Nc1ccc(SCc2cccnc2)cc1)c1n[nH]c2ccc([N+](=O)[O-])cc12. The zero-order valence-corrected chi connectivity index (χ0v) is 15.8. The van der Waals surface area contributed by atoms with Crippen LogP contribution in [0.2, 0.25) is 0 Å². The maximum Gasteiger partial charge on any atom is 0.276 e. The number of nitro benzene ring substituents is 1. The molecule has 0 aliphatic heterocycles. The summed E-state index contributed by atoms with van der Waals surface area (Å²) < 4.78 is 0. The standard InChI is InChI=1S/C20H15N5O3S/c26-20(19-17-10-15(25(27)28)5-8-18(17)23-24-19)22-14-3-6-16(7-4-14)29-12-13-2-1-9-21-11-13/h1-11H,12H2,(H,22,26)(H,23,24). The van der Waals surface area contributed by atoms with E-state index in [0.29, 0.717) is 16.6 Å². The summed E-state index contributed by atoms with van der Waals surface area (Å²) in [6.07, 6.45) is 3.58. The predicted octanol–water partition coefficient (Wildman–Crippen LogP) is 4.41.